The average Bonchev–Trinajstić information content (AvgIpc) is 2.51. The van der Waals surface area contributed by atoms with E-state index in [1.165, 1.54) is 0 Å². The van der Waals surface area contributed by atoms with Gasteiger partial charge >= 0.3 is 5.97 Å². The summed E-state index contributed by atoms with van der Waals surface area (Å²) in [4.78, 5) is 14.0. The molecule has 0 radical (unpaired) electrons. The van der Waals surface area contributed by atoms with Gasteiger partial charge in [-0.25, -0.2) is 4.79 Å². The molecule has 1 heterocycles. The van der Waals surface area contributed by atoms with Crippen molar-refractivity contribution in [2.45, 2.75) is 19.9 Å². The first kappa shape index (κ1) is 11.8. The van der Waals surface area contributed by atoms with E-state index in [0.29, 0.717) is 12.2 Å². The van der Waals surface area contributed by atoms with Crippen molar-refractivity contribution >= 4 is 5.97 Å². The Labute approximate surface area is 101 Å². The van der Waals surface area contributed by atoms with Gasteiger partial charge in [0, 0.05) is 18.7 Å². The largest absolute Gasteiger partial charge is 0.508 e. The van der Waals surface area contributed by atoms with Crippen LogP contribution >= 0.6 is 0 Å². The third-order valence-corrected chi connectivity index (χ3v) is 3.38. The van der Waals surface area contributed by atoms with Gasteiger partial charge in [-0.2, -0.15) is 0 Å². The fourth-order valence-electron chi connectivity index (χ4n) is 2.43. The molecule has 0 bridgehead atoms. The molecular weight excluding hydrogens is 218 g/mol. The highest BCUT2D eigenvalue weighted by atomic mass is 16.5. The van der Waals surface area contributed by atoms with Crippen LogP contribution in [0.3, 0.4) is 0 Å². The smallest absolute Gasteiger partial charge is 0.336 e. The lowest BCUT2D eigenvalue weighted by molar-refractivity contribution is -0.138. The molecule has 0 fully saturated rings. The summed E-state index contributed by atoms with van der Waals surface area (Å²) < 4.78 is 5.07. The molecule has 0 aromatic heterocycles. The van der Waals surface area contributed by atoms with Crippen LogP contribution in [-0.2, 0) is 9.53 Å². The molecule has 2 atom stereocenters. The number of aliphatic hydroxyl groups is 1. The van der Waals surface area contributed by atoms with Crippen molar-refractivity contribution in [2.75, 3.05) is 13.7 Å². The highest BCUT2D eigenvalue weighted by Gasteiger charge is 2.39. The van der Waals surface area contributed by atoms with Gasteiger partial charge in [0.2, 0.25) is 0 Å². The first-order chi connectivity index (χ1) is 8.06. The van der Waals surface area contributed by atoms with Crippen LogP contribution in [-0.4, -0.2) is 35.7 Å². The van der Waals surface area contributed by atoms with Gasteiger partial charge in [0.25, 0.3) is 0 Å². The minimum absolute atomic E-state index is 0.102. The van der Waals surface area contributed by atoms with Crippen molar-refractivity contribution in [3.63, 3.8) is 0 Å². The van der Waals surface area contributed by atoms with Crippen molar-refractivity contribution in [1.29, 1.82) is 0 Å². The van der Waals surface area contributed by atoms with Gasteiger partial charge in [0.1, 0.15) is 5.76 Å². The molecule has 1 aliphatic carbocycles. The number of ether oxygens (including phenoxy) is 1. The lowest BCUT2D eigenvalue weighted by atomic mass is 9.90. The number of hydrogen-bond donors (Lipinski definition) is 1. The molecular formula is C13H17NO3. The standard InChI is InChI=1S/C13H17NO3/c1-4-17-13(16)12-8(2)14(3)11-6-5-9(15)7-10(11)12/h5-7,10-11,15H,4H2,1-3H3/t10-,11-/m1/s1. The molecule has 2 rings (SSSR count). The number of aliphatic hydroxyl groups excluding tert-OH is 1. The number of likely N-dealkylation sites (N-methyl/N-ethyl adjacent to an activating group) is 1. The fraction of sp³-hybridized carbons (Fsp3) is 0.462. The quantitative estimate of drug-likeness (QED) is 0.741. The molecule has 0 aromatic carbocycles. The molecule has 92 valence electrons. The number of fused-ring (bicyclic) bond motifs is 1. The number of allylic oxidation sites excluding steroid dienone is 2. The third-order valence-electron chi connectivity index (χ3n) is 3.38. The van der Waals surface area contributed by atoms with Gasteiger partial charge in [-0.05, 0) is 26.0 Å². The van der Waals surface area contributed by atoms with E-state index >= 15 is 0 Å². The summed E-state index contributed by atoms with van der Waals surface area (Å²) in [6.45, 7) is 4.06. The Morgan fingerprint density at radius 1 is 1.59 bits per heavy atom. The summed E-state index contributed by atoms with van der Waals surface area (Å²) in [5.74, 6) is -0.191. The Hall–Kier alpha value is -1.71. The molecule has 2 aliphatic rings. The second-order valence-electron chi connectivity index (χ2n) is 4.30. The van der Waals surface area contributed by atoms with Crippen molar-refractivity contribution in [3.05, 3.63) is 35.3 Å². The van der Waals surface area contributed by atoms with Gasteiger partial charge in [0.15, 0.2) is 0 Å². The highest BCUT2D eigenvalue weighted by Crippen LogP contribution is 2.37. The molecule has 4 nitrogen and oxygen atoms in total. The summed E-state index contributed by atoms with van der Waals surface area (Å²) in [5, 5.41) is 9.54. The average molecular weight is 235 g/mol. The Kier molecular flexibility index (Phi) is 2.96. The Morgan fingerprint density at radius 2 is 2.29 bits per heavy atom. The van der Waals surface area contributed by atoms with E-state index in [2.05, 4.69) is 0 Å². The van der Waals surface area contributed by atoms with E-state index < -0.39 is 0 Å². The molecule has 0 spiro atoms. The maximum Gasteiger partial charge on any atom is 0.336 e. The summed E-state index contributed by atoms with van der Waals surface area (Å²) in [7, 11) is 1.94. The third kappa shape index (κ3) is 1.84. The maximum absolute atomic E-state index is 11.9. The van der Waals surface area contributed by atoms with Crippen LogP contribution in [0.15, 0.2) is 35.3 Å². The fourth-order valence-corrected chi connectivity index (χ4v) is 2.43. The Morgan fingerprint density at radius 3 is 2.94 bits per heavy atom. The highest BCUT2D eigenvalue weighted by molar-refractivity contribution is 5.91. The number of esters is 1. The first-order valence-corrected chi connectivity index (χ1v) is 5.76. The van der Waals surface area contributed by atoms with Crippen LogP contribution in [0.25, 0.3) is 0 Å². The first-order valence-electron chi connectivity index (χ1n) is 5.76. The van der Waals surface area contributed by atoms with Crippen LogP contribution in [0, 0.1) is 5.92 Å². The number of nitrogens with zero attached hydrogens (tertiary/aromatic N) is 1. The molecule has 1 aliphatic heterocycles. The Balaban J connectivity index is 2.36. The molecule has 0 unspecified atom stereocenters. The van der Waals surface area contributed by atoms with Crippen LogP contribution < -0.4 is 0 Å². The Bertz CT molecular complexity index is 434. The lowest BCUT2D eigenvalue weighted by Gasteiger charge is -2.25. The minimum atomic E-state index is -0.288. The number of carbonyl (C=O) groups excluding carboxylic acids is 1. The van der Waals surface area contributed by atoms with Crippen LogP contribution in [0.2, 0.25) is 0 Å². The molecule has 0 amide bonds. The summed E-state index contributed by atoms with van der Waals surface area (Å²) >= 11 is 0. The molecule has 0 saturated heterocycles. The van der Waals surface area contributed by atoms with E-state index in [9.17, 15) is 9.90 Å². The SMILES string of the molecule is CCOC(=O)C1=C(C)N(C)[C@@H]2C=CC(O)=C[C@@H]12. The number of hydrogen-bond acceptors (Lipinski definition) is 4. The number of carbonyl (C=O) groups is 1. The molecule has 0 aromatic rings. The van der Waals surface area contributed by atoms with Crippen LogP contribution in [0.5, 0.6) is 0 Å². The summed E-state index contributed by atoms with van der Waals surface area (Å²) in [6, 6.07) is 0.102. The van der Waals surface area contributed by atoms with E-state index in [0.717, 1.165) is 5.70 Å². The topological polar surface area (TPSA) is 49.8 Å². The molecule has 0 saturated carbocycles. The van der Waals surface area contributed by atoms with Crippen molar-refractivity contribution in [2.24, 2.45) is 5.92 Å². The van der Waals surface area contributed by atoms with Crippen molar-refractivity contribution in [3.8, 4) is 0 Å². The molecule has 4 heteroatoms. The second kappa shape index (κ2) is 4.28. The lowest BCUT2D eigenvalue weighted by Crippen LogP contribution is -2.30. The zero-order chi connectivity index (χ0) is 12.6. The van der Waals surface area contributed by atoms with Crippen molar-refractivity contribution in [1.82, 2.24) is 4.90 Å². The molecule has 1 N–H and O–H groups in total. The minimum Gasteiger partial charge on any atom is -0.508 e. The normalized spacial score (nSPS) is 27.0. The van der Waals surface area contributed by atoms with Crippen LogP contribution in [0.4, 0.5) is 0 Å². The van der Waals surface area contributed by atoms with E-state index in [1.54, 1.807) is 19.1 Å². The van der Waals surface area contributed by atoms with Gasteiger partial charge < -0.3 is 14.7 Å². The predicted octanol–water partition coefficient (Wildman–Crippen LogP) is 1.77. The van der Waals surface area contributed by atoms with Gasteiger partial charge in [-0.1, -0.05) is 6.08 Å². The monoisotopic (exact) mass is 235 g/mol. The molecule has 17 heavy (non-hydrogen) atoms. The predicted molar refractivity (Wildman–Crippen MR) is 64.2 cm³/mol. The van der Waals surface area contributed by atoms with Gasteiger partial charge in [0.05, 0.1) is 18.2 Å². The van der Waals surface area contributed by atoms with E-state index in [-0.39, 0.29) is 23.7 Å². The van der Waals surface area contributed by atoms with E-state index in [4.69, 9.17) is 4.74 Å². The van der Waals surface area contributed by atoms with Gasteiger partial charge in [-0.15, -0.1) is 0 Å². The zero-order valence-electron chi connectivity index (χ0n) is 10.3. The van der Waals surface area contributed by atoms with Gasteiger partial charge in [-0.3, -0.25) is 0 Å². The summed E-state index contributed by atoms with van der Waals surface area (Å²) in [5.41, 5.74) is 1.56. The van der Waals surface area contributed by atoms with Crippen LogP contribution in [0.1, 0.15) is 13.8 Å². The maximum atomic E-state index is 11.9. The van der Waals surface area contributed by atoms with E-state index in [1.807, 2.05) is 24.9 Å². The zero-order valence-corrected chi connectivity index (χ0v) is 10.3. The second-order valence-corrected chi connectivity index (χ2v) is 4.30. The van der Waals surface area contributed by atoms with Crippen molar-refractivity contribution < 1.29 is 14.6 Å². The summed E-state index contributed by atoms with van der Waals surface area (Å²) in [6.07, 6.45) is 5.29. The number of rotatable bonds is 2.